The highest BCUT2D eigenvalue weighted by Crippen LogP contribution is 2.33. The molecule has 1 heterocycles. The lowest BCUT2D eigenvalue weighted by atomic mass is 9.82. The standard InChI is InChI=1S/C17H17N3/c1-19-17-15(11-18)10-14-9-13(7-8-16(14)20-17)12-5-3-2-4-6-12/h2-6,10,13H,7-9H2,1H3,(H,19,20). The Hall–Kier alpha value is -2.34. The van der Waals surface area contributed by atoms with E-state index in [2.05, 4.69) is 46.7 Å². The van der Waals surface area contributed by atoms with Gasteiger partial charge in [-0.05, 0) is 42.4 Å². The maximum atomic E-state index is 9.20. The van der Waals surface area contributed by atoms with Crippen LogP contribution in [0.25, 0.3) is 0 Å². The zero-order valence-corrected chi connectivity index (χ0v) is 11.6. The molecule has 3 heteroatoms. The number of aromatic nitrogens is 1. The van der Waals surface area contributed by atoms with Crippen LogP contribution >= 0.6 is 0 Å². The molecule has 1 aromatic carbocycles. The Morgan fingerprint density at radius 2 is 2.10 bits per heavy atom. The van der Waals surface area contributed by atoms with Crippen LogP contribution in [0.1, 0.15) is 34.7 Å². The van der Waals surface area contributed by atoms with Crippen molar-refractivity contribution in [1.82, 2.24) is 4.98 Å². The Morgan fingerprint density at radius 1 is 1.30 bits per heavy atom. The first-order valence-electron chi connectivity index (χ1n) is 6.97. The number of nitriles is 1. The van der Waals surface area contributed by atoms with E-state index in [4.69, 9.17) is 0 Å². The smallest absolute Gasteiger partial charge is 0.143 e. The number of hydrogen-bond donors (Lipinski definition) is 1. The third kappa shape index (κ3) is 2.25. The number of fused-ring (bicyclic) bond motifs is 1. The van der Waals surface area contributed by atoms with Crippen molar-refractivity contribution in [3.8, 4) is 6.07 Å². The van der Waals surface area contributed by atoms with E-state index >= 15 is 0 Å². The highest BCUT2D eigenvalue weighted by molar-refractivity contribution is 5.54. The third-order valence-electron chi connectivity index (χ3n) is 4.02. The van der Waals surface area contributed by atoms with Crippen molar-refractivity contribution in [1.29, 1.82) is 5.26 Å². The van der Waals surface area contributed by atoms with Crippen molar-refractivity contribution in [2.24, 2.45) is 0 Å². The third-order valence-corrected chi connectivity index (χ3v) is 4.02. The number of rotatable bonds is 2. The second-order valence-electron chi connectivity index (χ2n) is 5.20. The molecule has 0 saturated carbocycles. The highest BCUT2D eigenvalue weighted by atomic mass is 15.0. The van der Waals surface area contributed by atoms with E-state index in [9.17, 15) is 5.26 Å². The van der Waals surface area contributed by atoms with E-state index < -0.39 is 0 Å². The first kappa shape index (κ1) is 12.7. The van der Waals surface area contributed by atoms with Gasteiger partial charge in [0.25, 0.3) is 0 Å². The van der Waals surface area contributed by atoms with Crippen LogP contribution in [0.5, 0.6) is 0 Å². The monoisotopic (exact) mass is 263 g/mol. The zero-order valence-electron chi connectivity index (χ0n) is 11.6. The quantitative estimate of drug-likeness (QED) is 0.904. The number of anilines is 1. The van der Waals surface area contributed by atoms with Crippen LogP contribution in [0, 0.1) is 11.3 Å². The summed E-state index contributed by atoms with van der Waals surface area (Å²) in [6.45, 7) is 0. The van der Waals surface area contributed by atoms with Crippen LogP contribution in [-0.2, 0) is 12.8 Å². The fourth-order valence-corrected chi connectivity index (χ4v) is 2.95. The van der Waals surface area contributed by atoms with E-state index in [-0.39, 0.29) is 0 Å². The van der Waals surface area contributed by atoms with Crippen molar-refractivity contribution < 1.29 is 0 Å². The molecule has 1 aliphatic rings. The van der Waals surface area contributed by atoms with E-state index in [1.165, 1.54) is 11.1 Å². The zero-order chi connectivity index (χ0) is 13.9. The number of aryl methyl sites for hydroxylation is 1. The molecule has 1 N–H and O–H groups in total. The van der Waals surface area contributed by atoms with Gasteiger partial charge in [0.1, 0.15) is 11.9 Å². The van der Waals surface area contributed by atoms with Gasteiger partial charge in [-0.15, -0.1) is 0 Å². The molecule has 0 fully saturated rings. The van der Waals surface area contributed by atoms with Gasteiger partial charge in [-0.3, -0.25) is 0 Å². The number of benzene rings is 1. The molecule has 0 amide bonds. The molecule has 1 atom stereocenters. The summed E-state index contributed by atoms with van der Waals surface area (Å²) >= 11 is 0. The second-order valence-corrected chi connectivity index (χ2v) is 5.20. The van der Waals surface area contributed by atoms with Crippen LogP contribution in [0.15, 0.2) is 36.4 Å². The molecular formula is C17H17N3. The topological polar surface area (TPSA) is 48.7 Å². The molecule has 0 bridgehead atoms. The van der Waals surface area contributed by atoms with Gasteiger partial charge in [-0.2, -0.15) is 5.26 Å². The summed E-state index contributed by atoms with van der Waals surface area (Å²) in [5, 5.41) is 12.2. The Labute approximate surface area is 119 Å². The Morgan fingerprint density at radius 3 is 2.80 bits per heavy atom. The lowest BCUT2D eigenvalue weighted by molar-refractivity contribution is 0.574. The van der Waals surface area contributed by atoms with Crippen molar-refractivity contribution in [2.75, 3.05) is 12.4 Å². The fourth-order valence-electron chi connectivity index (χ4n) is 2.95. The Bertz CT molecular complexity index is 656. The van der Waals surface area contributed by atoms with Crippen LogP contribution < -0.4 is 5.32 Å². The van der Waals surface area contributed by atoms with E-state index in [1.807, 2.05) is 13.1 Å². The number of nitrogens with zero attached hydrogens (tertiary/aromatic N) is 2. The summed E-state index contributed by atoms with van der Waals surface area (Å²) in [5.41, 5.74) is 4.38. The van der Waals surface area contributed by atoms with Crippen molar-refractivity contribution >= 4 is 5.82 Å². The average molecular weight is 263 g/mol. The minimum Gasteiger partial charge on any atom is -0.372 e. The van der Waals surface area contributed by atoms with Crippen LogP contribution in [0.2, 0.25) is 0 Å². The Kier molecular flexibility index (Phi) is 3.39. The summed E-state index contributed by atoms with van der Waals surface area (Å²) in [7, 11) is 1.81. The maximum absolute atomic E-state index is 9.20. The molecule has 0 spiro atoms. The highest BCUT2D eigenvalue weighted by Gasteiger charge is 2.22. The summed E-state index contributed by atoms with van der Waals surface area (Å²) in [6.07, 6.45) is 3.08. The molecule has 0 radical (unpaired) electrons. The minimum atomic E-state index is 0.539. The van der Waals surface area contributed by atoms with Crippen molar-refractivity contribution in [3.05, 3.63) is 58.8 Å². The summed E-state index contributed by atoms with van der Waals surface area (Å²) < 4.78 is 0. The summed E-state index contributed by atoms with van der Waals surface area (Å²) in [5.74, 6) is 1.24. The van der Waals surface area contributed by atoms with E-state index in [1.54, 1.807) is 0 Å². The lowest BCUT2D eigenvalue weighted by Gasteiger charge is -2.25. The van der Waals surface area contributed by atoms with Gasteiger partial charge < -0.3 is 5.32 Å². The lowest BCUT2D eigenvalue weighted by Crippen LogP contribution is -2.15. The van der Waals surface area contributed by atoms with Crippen molar-refractivity contribution in [3.63, 3.8) is 0 Å². The van der Waals surface area contributed by atoms with Gasteiger partial charge in [0, 0.05) is 12.7 Å². The molecule has 2 aromatic rings. The molecule has 20 heavy (non-hydrogen) atoms. The first-order valence-corrected chi connectivity index (χ1v) is 6.97. The van der Waals surface area contributed by atoms with E-state index in [0.29, 0.717) is 17.3 Å². The van der Waals surface area contributed by atoms with Gasteiger partial charge in [0.2, 0.25) is 0 Å². The molecule has 100 valence electrons. The first-order chi connectivity index (χ1) is 9.81. The molecule has 0 saturated heterocycles. The second kappa shape index (κ2) is 5.34. The number of hydrogen-bond acceptors (Lipinski definition) is 3. The molecular weight excluding hydrogens is 246 g/mol. The Balaban J connectivity index is 1.94. The number of pyridine rings is 1. The SMILES string of the molecule is CNc1nc2c(cc1C#N)CC(c1ccccc1)CC2. The predicted molar refractivity (Wildman–Crippen MR) is 79.7 cm³/mol. The number of nitrogens with one attached hydrogen (secondary N) is 1. The van der Waals surface area contributed by atoms with Gasteiger partial charge in [0.15, 0.2) is 0 Å². The van der Waals surface area contributed by atoms with Crippen LogP contribution in [0.4, 0.5) is 5.82 Å². The summed E-state index contributed by atoms with van der Waals surface area (Å²) in [6, 6.07) is 14.8. The molecule has 1 aliphatic carbocycles. The molecule has 1 aromatic heterocycles. The van der Waals surface area contributed by atoms with Gasteiger partial charge in [-0.1, -0.05) is 30.3 Å². The van der Waals surface area contributed by atoms with Gasteiger partial charge >= 0.3 is 0 Å². The molecule has 1 unspecified atom stereocenters. The molecule has 3 rings (SSSR count). The fraction of sp³-hybridized carbons (Fsp3) is 0.294. The van der Waals surface area contributed by atoms with Gasteiger partial charge in [0.05, 0.1) is 5.56 Å². The average Bonchev–Trinajstić information content (AvgIpc) is 2.53. The normalized spacial score (nSPS) is 17.1. The largest absolute Gasteiger partial charge is 0.372 e. The molecule has 3 nitrogen and oxygen atoms in total. The summed E-state index contributed by atoms with van der Waals surface area (Å²) in [4.78, 5) is 4.60. The predicted octanol–water partition coefficient (Wildman–Crippen LogP) is 3.27. The minimum absolute atomic E-state index is 0.539. The van der Waals surface area contributed by atoms with Crippen LogP contribution in [0.3, 0.4) is 0 Å². The van der Waals surface area contributed by atoms with Gasteiger partial charge in [-0.25, -0.2) is 4.98 Å². The molecule has 0 aliphatic heterocycles. The maximum Gasteiger partial charge on any atom is 0.143 e. The van der Waals surface area contributed by atoms with E-state index in [0.717, 1.165) is 25.0 Å². The van der Waals surface area contributed by atoms with Crippen molar-refractivity contribution in [2.45, 2.75) is 25.2 Å². The van der Waals surface area contributed by atoms with Crippen LogP contribution in [-0.4, -0.2) is 12.0 Å².